The van der Waals surface area contributed by atoms with Crippen molar-refractivity contribution in [3.8, 4) is 0 Å². The third-order valence-corrected chi connectivity index (χ3v) is 8.34. The fraction of sp³-hybridized carbons (Fsp3) is 0.765. The molecule has 0 spiro atoms. The van der Waals surface area contributed by atoms with Crippen LogP contribution < -0.4 is 5.32 Å². The van der Waals surface area contributed by atoms with Crippen molar-refractivity contribution in [3.05, 3.63) is 12.7 Å². The van der Waals surface area contributed by atoms with Gasteiger partial charge in [-0.1, -0.05) is 26.8 Å². The van der Waals surface area contributed by atoms with Gasteiger partial charge < -0.3 is 14.5 Å². The molecule has 0 aliphatic heterocycles. The molecule has 0 bridgehead atoms. The lowest BCUT2D eigenvalue weighted by molar-refractivity contribution is -0.121. The Hall–Kier alpha value is -1.14. The second-order valence-electron chi connectivity index (χ2n) is 8.23. The van der Waals surface area contributed by atoms with Gasteiger partial charge in [0, 0.05) is 6.42 Å². The van der Waals surface area contributed by atoms with E-state index in [0.717, 1.165) is 0 Å². The van der Waals surface area contributed by atoms with E-state index in [2.05, 4.69) is 45.8 Å². The molecule has 0 aromatic heterocycles. The van der Waals surface area contributed by atoms with Gasteiger partial charge in [-0.2, -0.15) is 0 Å². The third kappa shape index (κ3) is 8.32. The van der Waals surface area contributed by atoms with E-state index in [1.165, 1.54) is 6.08 Å². The van der Waals surface area contributed by atoms with Crippen LogP contribution in [-0.4, -0.2) is 38.4 Å². The smallest absolute Gasteiger partial charge is 0.408 e. The molecule has 0 saturated carbocycles. The fourth-order valence-electron chi connectivity index (χ4n) is 1.46. The summed E-state index contributed by atoms with van der Waals surface area (Å²) in [6, 6.07) is -0.725. The molecular weight excluding hydrogens is 310 g/mol. The zero-order chi connectivity index (χ0) is 18.5. The van der Waals surface area contributed by atoms with Crippen LogP contribution >= 0.6 is 0 Å². The minimum absolute atomic E-state index is 0.0327. The summed E-state index contributed by atoms with van der Waals surface area (Å²) in [4.78, 5) is 24.1. The van der Waals surface area contributed by atoms with Crippen LogP contribution in [0.2, 0.25) is 18.1 Å². The van der Waals surface area contributed by atoms with E-state index in [9.17, 15) is 9.59 Å². The van der Waals surface area contributed by atoms with Gasteiger partial charge in [0.05, 0.1) is 6.61 Å². The van der Waals surface area contributed by atoms with Crippen molar-refractivity contribution in [1.29, 1.82) is 0 Å². The molecular formula is C17H33NO4Si. The molecule has 0 unspecified atom stereocenters. The number of hydrogen-bond donors (Lipinski definition) is 1. The summed E-state index contributed by atoms with van der Waals surface area (Å²) in [6.07, 6.45) is 1.10. The van der Waals surface area contributed by atoms with Gasteiger partial charge in [-0.3, -0.25) is 4.79 Å². The number of nitrogens with one attached hydrogen (secondary N) is 1. The molecule has 1 atom stereocenters. The molecule has 0 aliphatic carbocycles. The Kier molecular flexibility index (Phi) is 7.70. The van der Waals surface area contributed by atoms with Crippen molar-refractivity contribution in [2.45, 2.75) is 77.7 Å². The van der Waals surface area contributed by atoms with Gasteiger partial charge in [0.25, 0.3) is 0 Å². The summed E-state index contributed by atoms with van der Waals surface area (Å²) in [6.45, 7) is 19.7. The highest BCUT2D eigenvalue weighted by molar-refractivity contribution is 6.74. The Morgan fingerprint density at radius 1 is 1.17 bits per heavy atom. The van der Waals surface area contributed by atoms with E-state index < -0.39 is 26.1 Å². The minimum atomic E-state index is -2.00. The number of ketones is 1. The predicted octanol–water partition coefficient (Wildman–Crippen LogP) is 4.05. The summed E-state index contributed by atoms with van der Waals surface area (Å²) in [5, 5.41) is 2.65. The molecule has 0 aromatic carbocycles. The molecule has 0 heterocycles. The van der Waals surface area contributed by atoms with Crippen molar-refractivity contribution in [2.75, 3.05) is 6.61 Å². The zero-order valence-electron chi connectivity index (χ0n) is 15.9. The predicted molar refractivity (Wildman–Crippen MR) is 96.1 cm³/mol. The average molecular weight is 344 g/mol. The van der Waals surface area contributed by atoms with E-state index in [1.54, 1.807) is 20.8 Å². The maximum atomic E-state index is 12.2. The summed E-state index contributed by atoms with van der Waals surface area (Å²) in [5.41, 5.74) is -0.615. The Morgan fingerprint density at radius 2 is 1.70 bits per heavy atom. The van der Waals surface area contributed by atoms with Crippen LogP contribution in [0.1, 0.15) is 48.0 Å². The molecule has 0 aromatic rings. The Labute approximate surface area is 141 Å². The van der Waals surface area contributed by atoms with Gasteiger partial charge in [-0.05, 0) is 38.9 Å². The van der Waals surface area contributed by atoms with Gasteiger partial charge in [-0.25, -0.2) is 4.79 Å². The van der Waals surface area contributed by atoms with Gasteiger partial charge in [0.2, 0.25) is 0 Å². The SMILES string of the molecule is C=CCC(=O)[C@@H](CO[Si](C)(C)C(C)(C)C)NC(=O)OC(C)(C)C. The highest BCUT2D eigenvalue weighted by Crippen LogP contribution is 2.36. The summed E-state index contributed by atoms with van der Waals surface area (Å²) in [5.74, 6) is -0.135. The van der Waals surface area contributed by atoms with Crippen LogP contribution in [0.3, 0.4) is 0 Å². The molecule has 0 radical (unpaired) electrons. The third-order valence-electron chi connectivity index (χ3n) is 3.84. The molecule has 134 valence electrons. The fourth-order valence-corrected chi connectivity index (χ4v) is 2.47. The first-order valence-corrected chi connectivity index (χ1v) is 10.9. The number of Topliss-reactive ketones (excluding diaryl/α,β-unsaturated/α-hetero) is 1. The average Bonchev–Trinajstić information content (AvgIpc) is 2.30. The first-order valence-electron chi connectivity index (χ1n) is 7.96. The van der Waals surface area contributed by atoms with Crippen LogP contribution in [0.15, 0.2) is 12.7 Å². The second-order valence-corrected chi connectivity index (χ2v) is 13.0. The van der Waals surface area contributed by atoms with E-state index in [0.29, 0.717) is 0 Å². The van der Waals surface area contributed by atoms with Gasteiger partial charge >= 0.3 is 6.09 Å². The zero-order valence-corrected chi connectivity index (χ0v) is 16.9. The van der Waals surface area contributed by atoms with Gasteiger partial charge in [0.15, 0.2) is 14.1 Å². The standard InChI is InChI=1S/C17H33NO4Si/c1-10-11-14(19)13(18-15(20)22-16(2,3)4)12-21-23(8,9)17(5,6)7/h10,13H,1,11-12H2,2-9H3,(H,18,20)/t13-/m1/s1. The maximum absolute atomic E-state index is 12.2. The Bertz CT molecular complexity index is 433. The maximum Gasteiger partial charge on any atom is 0.408 e. The molecule has 0 fully saturated rings. The van der Waals surface area contributed by atoms with Crippen molar-refractivity contribution < 1.29 is 18.8 Å². The summed E-state index contributed by atoms with van der Waals surface area (Å²) < 4.78 is 11.3. The normalized spacial score (nSPS) is 14.1. The van der Waals surface area contributed by atoms with E-state index in [-0.39, 0.29) is 23.8 Å². The number of rotatable bonds is 7. The Balaban J connectivity index is 4.94. The van der Waals surface area contributed by atoms with Crippen molar-refractivity contribution in [2.24, 2.45) is 0 Å². The molecule has 1 N–H and O–H groups in total. The van der Waals surface area contributed by atoms with Gasteiger partial charge in [0.1, 0.15) is 11.6 Å². The molecule has 6 heteroatoms. The molecule has 0 saturated heterocycles. The molecule has 23 heavy (non-hydrogen) atoms. The number of amides is 1. The van der Waals surface area contributed by atoms with E-state index in [4.69, 9.17) is 9.16 Å². The molecule has 1 amide bonds. The monoisotopic (exact) mass is 343 g/mol. The van der Waals surface area contributed by atoms with E-state index in [1.807, 2.05) is 0 Å². The van der Waals surface area contributed by atoms with Crippen LogP contribution in [-0.2, 0) is 14.0 Å². The number of carbonyl (C=O) groups excluding carboxylic acids is 2. The van der Waals surface area contributed by atoms with Gasteiger partial charge in [-0.15, -0.1) is 6.58 Å². The second kappa shape index (κ2) is 8.10. The van der Waals surface area contributed by atoms with Crippen LogP contribution in [0.5, 0.6) is 0 Å². The first-order chi connectivity index (χ1) is 10.2. The van der Waals surface area contributed by atoms with Crippen molar-refractivity contribution in [1.82, 2.24) is 5.32 Å². The lowest BCUT2D eigenvalue weighted by Crippen LogP contribution is -2.50. The number of carbonyl (C=O) groups is 2. The largest absolute Gasteiger partial charge is 0.444 e. The van der Waals surface area contributed by atoms with Crippen molar-refractivity contribution in [3.63, 3.8) is 0 Å². The summed E-state index contributed by atoms with van der Waals surface area (Å²) >= 11 is 0. The highest BCUT2D eigenvalue weighted by Gasteiger charge is 2.38. The molecule has 0 rings (SSSR count). The topological polar surface area (TPSA) is 64.6 Å². The quantitative estimate of drug-likeness (QED) is 0.559. The molecule has 0 aliphatic rings. The minimum Gasteiger partial charge on any atom is -0.444 e. The molecule has 5 nitrogen and oxygen atoms in total. The van der Waals surface area contributed by atoms with Crippen LogP contribution in [0.25, 0.3) is 0 Å². The number of hydrogen-bond acceptors (Lipinski definition) is 4. The van der Waals surface area contributed by atoms with Crippen LogP contribution in [0.4, 0.5) is 4.79 Å². The number of alkyl carbamates (subject to hydrolysis) is 1. The van der Waals surface area contributed by atoms with Crippen LogP contribution in [0, 0.1) is 0 Å². The highest BCUT2D eigenvalue weighted by atomic mass is 28.4. The lowest BCUT2D eigenvalue weighted by Gasteiger charge is -2.37. The number of ether oxygens (including phenoxy) is 1. The Morgan fingerprint density at radius 3 is 2.09 bits per heavy atom. The first kappa shape index (κ1) is 21.9. The number of allylic oxidation sites excluding steroid dienone is 1. The van der Waals surface area contributed by atoms with E-state index >= 15 is 0 Å². The summed E-state index contributed by atoms with van der Waals surface area (Å²) in [7, 11) is -2.00. The van der Waals surface area contributed by atoms with Crippen molar-refractivity contribution >= 4 is 20.2 Å². The lowest BCUT2D eigenvalue weighted by atomic mass is 10.1.